The highest BCUT2D eigenvalue weighted by molar-refractivity contribution is 5.23. The Balaban J connectivity index is 2.04. The van der Waals surface area contributed by atoms with E-state index >= 15 is 0 Å². The number of hydrogen-bond donors (Lipinski definition) is 1. The number of nitrogens with zero attached hydrogens (tertiary/aromatic N) is 1. The van der Waals surface area contributed by atoms with Crippen molar-refractivity contribution < 1.29 is 4.39 Å². The molecule has 2 rings (SSSR count). The summed E-state index contributed by atoms with van der Waals surface area (Å²) in [5, 5.41) is 3.39. The summed E-state index contributed by atoms with van der Waals surface area (Å²) in [6.07, 6.45) is 1.22. The largest absolute Gasteiger partial charge is 0.315 e. The molecule has 0 aromatic heterocycles. The summed E-state index contributed by atoms with van der Waals surface area (Å²) < 4.78 is 13.2. The molecule has 1 heterocycles. The van der Waals surface area contributed by atoms with Gasteiger partial charge in [-0.15, -0.1) is 0 Å². The number of likely N-dealkylation sites (N-methyl/N-ethyl adjacent to an activating group) is 1. The molecular weight excluding hydrogens is 215 g/mol. The molecule has 1 aromatic carbocycles. The van der Waals surface area contributed by atoms with Gasteiger partial charge in [0.25, 0.3) is 0 Å². The third-order valence-corrected chi connectivity index (χ3v) is 3.56. The highest BCUT2D eigenvalue weighted by atomic mass is 19.1. The van der Waals surface area contributed by atoms with Gasteiger partial charge in [-0.05, 0) is 43.6 Å². The normalized spacial score (nSPS) is 20.1. The molecule has 0 saturated carbocycles. The molecule has 1 fully saturated rings. The van der Waals surface area contributed by atoms with Crippen LogP contribution in [0.3, 0.4) is 0 Å². The fourth-order valence-electron chi connectivity index (χ4n) is 2.49. The Kier molecular flexibility index (Phi) is 4.13. The van der Waals surface area contributed by atoms with Gasteiger partial charge >= 0.3 is 0 Å². The van der Waals surface area contributed by atoms with Gasteiger partial charge in [0, 0.05) is 19.1 Å². The molecule has 1 aliphatic heterocycles. The Labute approximate surface area is 103 Å². The summed E-state index contributed by atoms with van der Waals surface area (Å²) in [7, 11) is 0. The Bertz CT molecular complexity index is 372. The van der Waals surface area contributed by atoms with Crippen LogP contribution in [-0.2, 0) is 6.54 Å². The van der Waals surface area contributed by atoms with E-state index in [-0.39, 0.29) is 5.82 Å². The van der Waals surface area contributed by atoms with Crippen LogP contribution in [0.25, 0.3) is 0 Å². The third-order valence-electron chi connectivity index (χ3n) is 3.56. The molecule has 0 aliphatic carbocycles. The van der Waals surface area contributed by atoms with Crippen LogP contribution < -0.4 is 5.32 Å². The highest BCUT2D eigenvalue weighted by Gasteiger charge is 2.20. The van der Waals surface area contributed by atoms with Gasteiger partial charge in [0.15, 0.2) is 0 Å². The van der Waals surface area contributed by atoms with Crippen LogP contribution in [0.2, 0.25) is 0 Å². The molecule has 17 heavy (non-hydrogen) atoms. The Morgan fingerprint density at radius 2 is 2.29 bits per heavy atom. The molecule has 1 saturated heterocycles. The number of nitrogens with one attached hydrogen (secondary N) is 1. The van der Waals surface area contributed by atoms with Gasteiger partial charge in [0.05, 0.1) is 0 Å². The van der Waals surface area contributed by atoms with Crippen LogP contribution in [0.5, 0.6) is 0 Å². The number of hydrogen-bond acceptors (Lipinski definition) is 2. The summed E-state index contributed by atoms with van der Waals surface area (Å²) in [5.74, 6) is -0.112. The van der Waals surface area contributed by atoms with E-state index in [1.54, 1.807) is 6.07 Å². The van der Waals surface area contributed by atoms with Crippen molar-refractivity contribution in [1.82, 2.24) is 10.2 Å². The molecule has 0 amide bonds. The zero-order valence-corrected chi connectivity index (χ0v) is 10.7. The van der Waals surface area contributed by atoms with Crippen molar-refractivity contribution in [2.24, 2.45) is 0 Å². The maximum atomic E-state index is 13.2. The summed E-state index contributed by atoms with van der Waals surface area (Å²) in [5.41, 5.74) is 1.95. The van der Waals surface area contributed by atoms with Crippen molar-refractivity contribution in [3.63, 3.8) is 0 Å². The van der Waals surface area contributed by atoms with Crippen LogP contribution in [-0.4, -0.2) is 30.6 Å². The Morgan fingerprint density at radius 3 is 2.88 bits per heavy atom. The van der Waals surface area contributed by atoms with Crippen molar-refractivity contribution in [3.8, 4) is 0 Å². The van der Waals surface area contributed by atoms with E-state index in [1.165, 1.54) is 12.0 Å². The van der Waals surface area contributed by atoms with E-state index in [4.69, 9.17) is 0 Å². The minimum absolute atomic E-state index is 0.112. The molecule has 1 unspecified atom stereocenters. The third kappa shape index (κ3) is 3.05. The predicted octanol–water partition coefficient (Wildman–Crippen LogP) is 2.32. The smallest absolute Gasteiger partial charge is 0.126 e. The molecule has 0 bridgehead atoms. The summed E-state index contributed by atoms with van der Waals surface area (Å²) in [6.45, 7) is 8.17. The zero-order valence-electron chi connectivity index (χ0n) is 10.7. The van der Waals surface area contributed by atoms with Crippen molar-refractivity contribution in [1.29, 1.82) is 0 Å². The first-order valence-electron chi connectivity index (χ1n) is 6.40. The van der Waals surface area contributed by atoms with Gasteiger partial charge in [0.2, 0.25) is 0 Å². The van der Waals surface area contributed by atoms with Gasteiger partial charge in [0.1, 0.15) is 5.82 Å². The van der Waals surface area contributed by atoms with E-state index in [0.717, 1.165) is 31.7 Å². The van der Waals surface area contributed by atoms with Gasteiger partial charge in [-0.2, -0.15) is 0 Å². The van der Waals surface area contributed by atoms with Gasteiger partial charge in [-0.25, -0.2) is 4.39 Å². The van der Waals surface area contributed by atoms with Crippen LogP contribution in [0.4, 0.5) is 4.39 Å². The molecule has 1 atom stereocenters. The SMILES string of the molecule is CCN(Cc1ccc(F)c(C)c1)C1CCNC1. The van der Waals surface area contributed by atoms with E-state index < -0.39 is 0 Å². The van der Waals surface area contributed by atoms with Crippen LogP contribution in [0.1, 0.15) is 24.5 Å². The molecule has 1 N–H and O–H groups in total. The van der Waals surface area contributed by atoms with Crippen molar-refractivity contribution in [2.45, 2.75) is 32.9 Å². The fraction of sp³-hybridized carbons (Fsp3) is 0.571. The lowest BCUT2D eigenvalue weighted by molar-refractivity contribution is 0.210. The Hall–Kier alpha value is -0.930. The fourth-order valence-corrected chi connectivity index (χ4v) is 2.49. The number of halogens is 1. The van der Waals surface area contributed by atoms with Crippen molar-refractivity contribution >= 4 is 0 Å². The quantitative estimate of drug-likeness (QED) is 0.863. The maximum Gasteiger partial charge on any atom is 0.126 e. The lowest BCUT2D eigenvalue weighted by Crippen LogP contribution is -2.36. The van der Waals surface area contributed by atoms with Gasteiger partial charge in [-0.1, -0.05) is 19.1 Å². The van der Waals surface area contributed by atoms with Crippen LogP contribution in [0, 0.1) is 12.7 Å². The van der Waals surface area contributed by atoms with E-state index in [1.807, 2.05) is 19.1 Å². The Morgan fingerprint density at radius 1 is 1.47 bits per heavy atom. The number of benzene rings is 1. The second-order valence-electron chi connectivity index (χ2n) is 4.79. The number of aryl methyl sites for hydroxylation is 1. The average Bonchev–Trinajstić information content (AvgIpc) is 2.84. The zero-order chi connectivity index (χ0) is 12.3. The summed E-state index contributed by atoms with van der Waals surface area (Å²) >= 11 is 0. The molecule has 3 heteroatoms. The summed E-state index contributed by atoms with van der Waals surface area (Å²) in [6, 6.07) is 6.06. The second kappa shape index (κ2) is 5.61. The van der Waals surface area contributed by atoms with E-state index in [2.05, 4.69) is 17.1 Å². The molecule has 94 valence electrons. The van der Waals surface area contributed by atoms with Crippen LogP contribution >= 0.6 is 0 Å². The van der Waals surface area contributed by atoms with E-state index in [9.17, 15) is 4.39 Å². The van der Waals surface area contributed by atoms with Gasteiger partial charge < -0.3 is 5.32 Å². The standard InChI is InChI=1S/C14H21FN2/c1-3-17(13-6-7-16-9-13)10-12-4-5-14(15)11(2)8-12/h4-5,8,13,16H,3,6-7,9-10H2,1-2H3. The first-order chi connectivity index (χ1) is 8.20. The molecule has 0 spiro atoms. The topological polar surface area (TPSA) is 15.3 Å². The first kappa shape index (κ1) is 12.5. The molecular formula is C14H21FN2. The lowest BCUT2D eigenvalue weighted by atomic mass is 10.1. The lowest BCUT2D eigenvalue weighted by Gasteiger charge is -2.27. The highest BCUT2D eigenvalue weighted by Crippen LogP contribution is 2.15. The maximum absolute atomic E-state index is 13.2. The second-order valence-corrected chi connectivity index (χ2v) is 4.79. The minimum Gasteiger partial charge on any atom is -0.315 e. The molecule has 1 aliphatic rings. The van der Waals surface area contributed by atoms with Crippen molar-refractivity contribution in [2.75, 3.05) is 19.6 Å². The monoisotopic (exact) mass is 236 g/mol. The predicted molar refractivity (Wildman–Crippen MR) is 68.5 cm³/mol. The van der Waals surface area contributed by atoms with E-state index in [0.29, 0.717) is 6.04 Å². The number of rotatable bonds is 4. The molecule has 1 aromatic rings. The average molecular weight is 236 g/mol. The molecule has 0 radical (unpaired) electrons. The van der Waals surface area contributed by atoms with Crippen molar-refractivity contribution in [3.05, 3.63) is 35.1 Å². The first-order valence-corrected chi connectivity index (χ1v) is 6.40. The summed E-state index contributed by atoms with van der Waals surface area (Å²) in [4.78, 5) is 2.46. The van der Waals surface area contributed by atoms with Gasteiger partial charge in [-0.3, -0.25) is 4.90 Å². The van der Waals surface area contributed by atoms with Crippen LogP contribution in [0.15, 0.2) is 18.2 Å². The molecule has 2 nitrogen and oxygen atoms in total. The minimum atomic E-state index is -0.112.